The number of carbonyl (C=O) groups is 3. The highest BCUT2D eigenvalue weighted by Crippen LogP contribution is 2.26. The summed E-state index contributed by atoms with van der Waals surface area (Å²) in [5, 5.41) is 10.3. The van der Waals surface area contributed by atoms with Crippen molar-refractivity contribution in [1.82, 2.24) is 9.97 Å². The molecule has 0 spiro atoms. The fourth-order valence-corrected chi connectivity index (χ4v) is 2.72. The zero-order valence-electron chi connectivity index (χ0n) is 13.9. The Morgan fingerprint density at radius 3 is 2.28 bits per heavy atom. The maximum absolute atomic E-state index is 11.0. The molecule has 0 bridgehead atoms. The number of halogens is 4. The number of benzene rings is 1. The van der Waals surface area contributed by atoms with Crippen LogP contribution in [0, 0.1) is 0 Å². The van der Waals surface area contributed by atoms with Crippen molar-refractivity contribution in [3.8, 4) is 0 Å². The van der Waals surface area contributed by atoms with Gasteiger partial charge in [0.05, 0.1) is 21.1 Å². The highest BCUT2D eigenvalue weighted by atomic mass is 35.5. The lowest BCUT2D eigenvalue weighted by Gasteiger charge is -2.03. The van der Waals surface area contributed by atoms with Gasteiger partial charge >= 0.3 is 17.9 Å². The van der Waals surface area contributed by atoms with Gasteiger partial charge in [0, 0.05) is 17.8 Å². The van der Waals surface area contributed by atoms with E-state index >= 15 is 0 Å². The van der Waals surface area contributed by atoms with E-state index in [1.807, 2.05) is 0 Å². The number of hydrogen-bond donors (Lipinski definition) is 1. The van der Waals surface area contributed by atoms with E-state index in [1.54, 1.807) is 12.1 Å². The Kier molecular flexibility index (Phi) is 7.98. The van der Waals surface area contributed by atoms with Crippen molar-refractivity contribution in [2.75, 3.05) is 0 Å². The van der Waals surface area contributed by atoms with Gasteiger partial charge in [-0.2, -0.15) is 0 Å². The Morgan fingerprint density at radius 1 is 0.966 bits per heavy atom. The van der Waals surface area contributed by atoms with E-state index in [2.05, 4.69) is 18.5 Å². The zero-order valence-corrected chi connectivity index (χ0v) is 17.0. The smallest absolute Gasteiger partial charge is 0.375 e. The Morgan fingerprint density at radius 2 is 1.66 bits per heavy atom. The van der Waals surface area contributed by atoms with E-state index in [4.69, 9.17) is 52.0 Å². The average molecular weight is 478 g/mol. The Hall–Kier alpha value is -2.65. The second-order valence-electron chi connectivity index (χ2n) is 5.08. The molecule has 29 heavy (non-hydrogen) atoms. The number of nitrogens with zero attached hydrogens (tertiary/aromatic N) is 2. The lowest BCUT2D eigenvalue weighted by atomic mass is 10.1. The summed E-state index contributed by atoms with van der Waals surface area (Å²) in [6, 6.07) is 7.59. The molecule has 0 unspecified atom stereocenters. The van der Waals surface area contributed by atoms with Crippen LogP contribution in [0.5, 0.6) is 0 Å². The third-order valence-electron chi connectivity index (χ3n) is 3.34. The summed E-state index contributed by atoms with van der Waals surface area (Å²) in [6.07, 6.45) is 2.70. The molecule has 1 N–H and O–H groups in total. The van der Waals surface area contributed by atoms with Gasteiger partial charge in [-0.3, -0.25) is 4.98 Å². The normalized spacial score (nSPS) is 9.93. The molecule has 150 valence electrons. The highest BCUT2D eigenvalue weighted by Gasteiger charge is 2.20. The van der Waals surface area contributed by atoms with E-state index in [0.29, 0.717) is 15.9 Å². The molecule has 3 rings (SSSR count). The number of hydrogen-bond acceptors (Lipinski definition) is 7. The van der Waals surface area contributed by atoms with E-state index in [0.717, 1.165) is 0 Å². The second-order valence-corrected chi connectivity index (χ2v) is 6.23. The summed E-state index contributed by atoms with van der Waals surface area (Å²) in [7, 11) is 0. The third-order valence-corrected chi connectivity index (χ3v) is 4.15. The fraction of sp³-hybridized carbons (Fsp3) is 0. The van der Waals surface area contributed by atoms with Crippen LogP contribution in [0.25, 0.3) is 10.9 Å². The molecule has 0 aliphatic heterocycles. The first-order valence-corrected chi connectivity index (χ1v) is 8.75. The Balaban J connectivity index is 0.000000208. The molecule has 0 aliphatic carbocycles. The molecule has 0 saturated heterocycles. The lowest BCUT2D eigenvalue weighted by Crippen LogP contribution is -2.11. The largest absolute Gasteiger partial charge is 0.478 e. The van der Waals surface area contributed by atoms with Gasteiger partial charge in [0.25, 0.3) is 0 Å². The maximum Gasteiger partial charge on any atom is 0.375 e. The number of rotatable bonds is 3. The van der Waals surface area contributed by atoms with Crippen LogP contribution in [-0.2, 0) is 8.58 Å². The summed E-state index contributed by atoms with van der Waals surface area (Å²) in [5.41, 5.74) is -0.0217. The number of carboxylic acid groups (broad SMARTS) is 1. The van der Waals surface area contributed by atoms with E-state index in [9.17, 15) is 14.4 Å². The highest BCUT2D eigenvalue weighted by molar-refractivity contribution is 6.35. The Bertz CT molecular complexity index is 1060. The molecule has 12 heteroatoms. The number of aromatic nitrogens is 2. The summed E-state index contributed by atoms with van der Waals surface area (Å²) >= 11 is 21.2. The summed E-state index contributed by atoms with van der Waals surface area (Å²) in [5.74, 6) is -2.96. The molecule has 3 aromatic rings. The van der Waals surface area contributed by atoms with Gasteiger partial charge in [-0.25, -0.2) is 19.4 Å². The van der Waals surface area contributed by atoms with Gasteiger partial charge in [0.1, 0.15) is 29.3 Å². The molecule has 0 radical (unpaired) electrons. The fourth-order valence-electron chi connectivity index (χ4n) is 2.16. The number of aromatic carboxylic acids is 1. The molecule has 0 aliphatic rings. The van der Waals surface area contributed by atoms with Crippen LogP contribution in [0.4, 0.5) is 0 Å². The molecule has 2 aromatic heterocycles. The SMILES string of the molecule is O=C(O)c1c(Cl)ccc2cc(Cl)cnc12.O=C(OCl)c1cccnc1C(=O)OCl. The van der Waals surface area contributed by atoms with Gasteiger partial charge in [-0.15, -0.1) is 0 Å². The molecule has 2 heterocycles. The van der Waals surface area contributed by atoms with Gasteiger partial charge in [0.2, 0.25) is 0 Å². The van der Waals surface area contributed by atoms with Gasteiger partial charge in [0.15, 0.2) is 5.69 Å². The number of carbonyl (C=O) groups excluding carboxylic acids is 2. The van der Waals surface area contributed by atoms with Crippen molar-refractivity contribution in [2.45, 2.75) is 0 Å². The Labute approximate surface area is 183 Å². The average Bonchev–Trinajstić information content (AvgIpc) is 2.72. The number of pyridine rings is 2. The van der Waals surface area contributed by atoms with Crippen molar-refractivity contribution in [2.24, 2.45) is 0 Å². The topological polar surface area (TPSA) is 116 Å². The first kappa shape index (κ1) is 22.6. The van der Waals surface area contributed by atoms with E-state index in [-0.39, 0.29) is 21.8 Å². The number of carboxylic acids is 1. The molecule has 0 saturated carbocycles. The lowest BCUT2D eigenvalue weighted by molar-refractivity contribution is 0.0697. The molecule has 0 fully saturated rings. The summed E-state index contributed by atoms with van der Waals surface area (Å²) in [4.78, 5) is 40.5. The van der Waals surface area contributed by atoms with Crippen LogP contribution in [0.1, 0.15) is 31.2 Å². The minimum absolute atomic E-state index is 0.00540. The second kappa shape index (κ2) is 10.2. The molecular weight excluding hydrogens is 470 g/mol. The van der Waals surface area contributed by atoms with Crippen molar-refractivity contribution >= 4 is 75.7 Å². The van der Waals surface area contributed by atoms with Crippen LogP contribution in [0.15, 0.2) is 42.7 Å². The van der Waals surface area contributed by atoms with Gasteiger partial charge < -0.3 is 13.7 Å². The molecule has 0 atom stereocenters. The van der Waals surface area contributed by atoms with Crippen molar-refractivity contribution in [1.29, 1.82) is 0 Å². The quantitative estimate of drug-likeness (QED) is 0.563. The third kappa shape index (κ3) is 5.45. The van der Waals surface area contributed by atoms with Crippen molar-refractivity contribution in [3.05, 3.63) is 69.6 Å². The summed E-state index contributed by atoms with van der Waals surface area (Å²) in [6.45, 7) is 0. The van der Waals surface area contributed by atoms with Crippen LogP contribution in [0.3, 0.4) is 0 Å². The molecule has 0 amide bonds. The molecular formula is C17H8Cl4N2O6. The molecule has 1 aromatic carbocycles. The van der Waals surface area contributed by atoms with Crippen molar-refractivity contribution in [3.63, 3.8) is 0 Å². The zero-order chi connectivity index (χ0) is 21.6. The minimum atomic E-state index is -1.10. The predicted molar refractivity (Wildman–Crippen MR) is 105 cm³/mol. The first-order chi connectivity index (χ1) is 13.8. The molecule has 8 nitrogen and oxygen atoms in total. The maximum atomic E-state index is 11.0. The van der Waals surface area contributed by atoms with Crippen LogP contribution in [0.2, 0.25) is 10.0 Å². The summed E-state index contributed by atoms with van der Waals surface area (Å²) < 4.78 is 7.81. The van der Waals surface area contributed by atoms with E-state index in [1.165, 1.54) is 30.6 Å². The van der Waals surface area contributed by atoms with E-state index < -0.39 is 17.9 Å². The number of fused-ring (bicyclic) bond motifs is 1. The minimum Gasteiger partial charge on any atom is -0.478 e. The van der Waals surface area contributed by atoms with Crippen LogP contribution < -0.4 is 0 Å². The van der Waals surface area contributed by atoms with Crippen LogP contribution >= 0.6 is 46.9 Å². The van der Waals surface area contributed by atoms with Crippen LogP contribution in [-0.4, -0.2) is 33.0 Å². The van der Waals surface area contributed by atoms with Gasteiger partial charge in [-0.05, 0) is 24.3 Å². The monoisotopic (exact) mass is 476 g/mol. The standard InChI is InChI=1S/C10H5Cl2NO2.C7H3Cl2NO4/c11-6-3-5-1-2-7(12)8(10(14)15)9(5)13-4-6;8-13-6(11)4-2-1-3-10-5(4)7(12)14-9/h1-4H,(H,14,15);1-3H. The first-order valence-electron chi connectivity index (χ1n) is 7.38. The van der Waals surface area contributed by atoms with Crippen molar-refractivity contribution < 1.29 is 28.1 Å². The predicted octanol–water partition coefficient (Wildman–Crippen LogP) is 4.94. The van der Waals surface area contributed by atoms with Gasteiger partial charge in [-0.1, -0.05) is 29.3 Å².